The SMILES string of the molecule is O=C(Cc1ccc(F)cc1)C1OCCc2ccccc21. The van der Waals surface area contributed by atoms with Gasteiger partial charge in [-0.15, -0.1) is 0 Å². The molecule has 1 heterocycles. The van der Waals surface area contributed by atoms with Crippen LogP contribution in [0.15, 0.2) is 48.5 Å². The molecule has 2 nitrogen and oxygen atoms in total. The van der Waals surface area contributed by atoms with Crippen molar-refractivity contribution in [3.05, 3.63) is 71.0 Å². The van der Waals surface area contributed by atoms with E-state index in [1.54, 1.807) is 12.1 Å². The van der Waals surface area contributed by atoms with E-state index in [4.69, 9.17) is 4.74 Å². The van der Waals surface area contributed by atoms with Gasteiger partial charge in [0, 0.05) is 6.42 Å². The predicted molar refractivity (Wildman–Crippen MR) is 74.0 cm³/mol. The fourth-order valence-corrected chi connectivity index (χ4v) is 2.56. The van der Waals surface area contributed by atoms with E-state index in [0.29, 0.717) is 6.61 Å². The van der Waals surface area contributed by atoms with E-state index >= 15 is 0 Å². The number of hydrogen-bond donors (Lipinski definition) is 0. The maximum Gasteiger partial charge on any atom is 0.170 e. The third-order valence-corrected chi connectivity index (χ3v) is 3.58. The topological polar surface area (TPSA) is 26.3 Å². The molecule has 0 aliphatic carbocycles. The lowest BCUT2D eigenvalue weighted by molar-refractivity contribution is -0.131. The summed E-state index contributed by atoms with van der Waals surface area (Å²) in [5.41, 5.74) is 2.95. The molecule has 0 bridgehead atoms. The largest absolute Gasteiger partial charge is 0.365 e. The number of hydrogen-bond acceptors (Lipinski definition) is 2. The van der Waals surface area contributed by atoms with Gasteiger partial charge in [-0.1, -0.05) is 36.4 Å². The molecule has 1 aliphatic rings. The van der Waals surface area contributed by atoms with E-state index in [2.05, 4.69) is 0 Å². The van der Waals surface area contributed by atoms with Crippen LogP contribution in [0.4, 0.5) is 4.39 Å². The summed E-state index contributed by atoms with van der Waals surface area (Å²) in [7, 11) is 0. The molecule has 3 rings (SSSR count). The highest BCUT2D eigenvalue weighted by Crippen LogP contribution is 2.28. The molecular weight excluding hydrogens is 255 g/mol. The lowest BCUT2D eigenvalue weighted by atomic mass is 9.93. The van der Waals surface area contributed by atoms with Gasteiger partial charge >= 0.3 is 0 Å². The molecule has 0 amide bonds. The third-order valence-electron chi connectivity index (χ3n) is 3.58. The van der Waals surface area contributed by atoms with Crippen molar-refractivity contribution in [2.24, 2.45) is 0 Å². The van der Waals surface area contributed by atoms with Crippen LogP contribution >= 0.6 is 0 Å². The summed E-state index contributed by atoms with van der Waals surface area (Å²) in [6, 6.07) is 13.9. The fourth-order valence-electron chi connectivity index (χ4n) is 2.56. The van der Waals surface area contributed by atoms with Gasteiger partial charge in [0.25, 0.3) is 0 Å². The van der Waals surface area contributed by atoms with Gasteiger partial charge < -0.3 is 4.74 Å². The molecule has 0 saturated carbocycles. The zero-order valence-electron chi connectivity index (χ0n) is 11.0. The number of carbonyl (C=O) groups excluding carboxylic acids is 1. The van der Waals surface area contributed by atoms with Crippen LogP contribution in [0.5, 0.6) is 0 Å². The van der Waals surface area contributed by atoms with Gasteiger partial charge in [0.05, 0.1) is 6.61 Å². The first kappa shape index (κ1) is 13.0. The Morgan fingerprint density at radius 1 is 1.15 bits per heavy atom. The summed E-state index contributed by atoms with van der Waals surface area (Å²) >= 11 is 0. The van der Waals surface area contributed by atoms with Crippen LogP contribution in [0.25, 0.3) is 0 Å². The summed E-state index contributed by atoms with van der Waals surface area (Å²) in [4.78, 5) is 12.4. The van der Waals surface area contributed by atoms with Crippen LogP contribution in [0.1, 0.15) is 22.8 Å². The number of fused-ring (bicyclic) bond motifs is 1. The predicted octanol–water partition coefficient (Wildman–Crippen LogP) is 3.25. The van der Waals surface area contributed by atoms with Crippen molar-refractivity contribution in [1.82, 2.24) is 0 Å². The highest BCUT2D eigenvalue weighted by molar-refractivity contribution is 5.86. The summed E-state index contributed by atoms with van der Waals surface area (Å²) in [5, 5.41) is 0. The summed E-state index contributed by atoms with van der Waals surface area (Å²) in [6.07, 6.45) is 0.612. The molecule has 3 heteroatoms. The Balaban J connectivity index is 1.80. The van der Waals surface area contributed by atoms with Crippen LogP contribution in [-0.2, 0) is 22.4 Å². The molecular formula is C17H15FO2. The van der Waals surface area contributed by atoms with Gasteiger partial charge in [-0.3, -0.25) is 4.79 Å². The van der Waals surface area contributed by atoms with Gasteiger partial charge in [0.2, 0.25) is 0 Å². The highest BCUT2D eigenvalue weighted by Gasteiger charge is 2.26. The van der Waals surface area contributed by atoms with Gasteiger partial charge in [0.1, 0.15) is 11.9 Å². The average Bonchev–Trinajstić information content (AvgIpc) is 2.49. The molecule has 1 aliphatic heterocycles. The molecule has 0 radical (unpaired) electrons. The zero-order chi connectivity index (χ0) is 13.9. The molecule has 102 valence electrons. The quantitative estimate of drug-likeness (QED) is 0.855. The Kier molecular flexibility index (Phi) is 3.61. The average molecular weight is 270 g/mol. The standard InChI is InChI=1S/C17H15FO2/c18-14-7-5-12(6-8-14)11-16(19)17-15-4-2-1-3-13(15)9-10-20-17/h1-8,17H,9-11H2. The van der Waals surface area contributed by atoms with E-state index in [1.807, 2.05) is 24.3 Å². The first-order chi connectivity index (χ1) is 9.74. The van der Waals surface area contributed by atoms with Crippen molar-refractivity contribution in [2.45, 2.75) is 18.9 Å². The second kappa shape index (κ2) is 5.55. The maximum atomic E-state index is 12.9. The van der Waals surface area contributed by atoms with Crippen molar-refractivity contribution in [3.63, 3.8) is 0 Å². The number of benzene rings is 2. The van der Waals surface area contributed by atoms with Gasteiger partial charge in [-0.25, -0.2) is 4.39 Å². The summed E-state index contributed by atoms with van der Waals surface area (Å²) in [6.45, 7) is 0.566. The van der Waals surface area contributed by atoms with Crippen molar-refractivity contribution in [3.8, 4) is 0 Å². The molecule has 20 heavy (non-hydrogen) atoms. The Morgan fingerprint density at radius 3 is 2.70 bits per heavy atom. The van der Waals surface area contributed by atoms with Crippen molar-refractivity contribution in [2.75, 3.05) is 6.61 Å². The monoisotopic (exact) mass is 270 g/mol. The van der Waals surface area contributed by atoms with Crippen LogP contribution in [0.2, 0.25) is 0 Å². The smallest absolute Gasteiger partial charge is 0.170 e. The highest BCUT2D eigenvalue weighted by atomic mass is 19.1. The van der Waals surface area contributed by atoms with Crippen LogP contribution in [0, 0.1) is 5.82 Å². The molecule has 0 aromatic heterocycles. The lowest BCUT2D eigenvalue weighted by Crippen LogP contribution is -2.24. The van der Waals surface area contributed by atoms with Gasteiger partial charge in [0.15, 0.2) is 5.78 Å². The van der Waals surface area contributed by atoms with E-state index in [1.165, 1.54) is 17.7 Å². The Labute approximate surface area is 117 Å². The normalized spacial score (nSPS) is 17.6. The zero-order valence-corrected chi connectivity index (χ0v) is 11.0. The van der Waals surface area contributed by atoms with E-state index in [-0.39, 0.29) is 18.0 Å². The molecule has 1 atom stereocenters. The van der Waals surface area contributed by atoms with Crippen molar-refractivity contribution < 1.29 is 13.9 Å². The van der Waals surface area contributed by atoms with E-state index in [0.717, 1.165) is 17.5 Å². The van der Waals surface area contributed by atoms with Crippen LogP contribution in [0.3, 0.4) is 0 Å². The molecule has 0 saturated heterocycles. The van der Waals surface area contributed by atoms with E-state index in [9.17, 15) is 9.18 Å². The third kappa shape index (κ3) is 2.63. The fraction of sp³-hybridized carbons (Fsp3) is 0.235. The Hall–Kier alpha value is -2.00. The second-order valence-electron chi connectivity index (χ2n) is 4.97. The number of ketones is 1. The molecule has 0 N–H and O–H groups in total. The summed E-state index contributed by atoms with van der Waals surface area (Å²) in [5.74, 6) is -0.274. The molecule has 2 aromatic carbocycles. The Bertz CT molecular complexity index is 619. The van der Waals surface area contributed by atoms with Gasteiger partial charge in [-0.2, -0.15) is 0 Å². The lowest BCUT2D eigenvalue weighted by Gasteiger charge is -2.25. The first-order valence-corrected chi connectivity index (χ1v) is 6.70. The number of carbonyl (C=O) groups is 1. The molecule has 1 unspecified atom stereocenters. The van der Waals surface area contributed by atoms with Crippen molar-refractivity contribution in [1.29, 1.82) is 0 Å². The van der Waals surface area contributed by atoms with Gasteiger partial charge in [-0.05, 0) is 35.2 Å². The van der Waals surface area contributed by atoms with E-state index < -0.39 is 6.10 Å². The maximum absolute atomic E-state index is 12.9. The van der Waals surface area contributed by atoms with Crippen molar-refractivity contribution >= 4 is 5.78 Å². The minimum absolute atomic E-state index is 0.0174. The molecule has 0 fully saturated rings. The number of halogens is 1. The first-order valence-electron chi connectivity index (χ1n) is 6.70. The number of rotatable bonds is 3. The summed E-state index contributed by atoms with van der Waals surface area (Å²) < 4.78 is 18.5. The number of ether oxygens (including phenoxy) is 1. The minimum Gasteiger partial charge on any atom is -0.365 e. The van der Waals surface area contributed by atoms with Crippen LogP contribution < -0.4 is 0 Å². The number of Topliss-reactive ketones (excluding diaryl/α,β-unsaturated/α-hetero) is 1. The van der Waals surface area contributed by atoms with Crippen LogP contribution in [-0.4, -0.2) is 12.4 Å². The molecule has 2 aromatic rings. The minimum atomic E-state index is -0.495. The molecule has 0 spiro atoms. The second-order valence-corrected chi connectivity index (χ2v) is 4.97. The Morgan fingerprint density at radius 2 is 1.90 bits per heavy atom.